The van der Waals surface area contributed by atoms with Crippen LogP contribution in [0.25, 0.3) is 0 Å². The minimum atomic E-state index is -1.26. The molecule has 2 heterocycles. The van der Waals surface area contributed by atoms with Crippen molar-refractivity contribution in [1.29, 1.82) is 0 Å². The van der Waals surface area contributed by atoms with Gasteiger partial charge in [0.05, 0.1) is 12.8 Å². The van der Waals surface area contributed by atoms with E-state index < -0.39 is 11.6 Å². The standard InChI is InChI=1S/C10H12N4O3S/c1-10(16,7-3-2-4-17-7)5-11-8(15)13-9-14-12-6-18-9/h2-4,6,16H,5H2,1H3,(H2,11,13,14,15)/t10-/m0/s1. The van der Waals surface area contributed by atoms with E-state index >= 15 is 0 Å². The molecule has 8 heteroatoms. The van der Waals surface area contributed by atoms with Crippen molar-refractivity contribution in [2.45, 2.75) is 12.5 Å². The number of anilines is 1. The topological polar surface area (TPSA) is 100 Å². The lowest BCUT2D eigenvalue weighted by Gasteiger charge is -2.20. The molecule has 0 saturated carbocycles. The number of carbonyl (C=O) groups excluding carboxylic acids is 1. The van der Waals surface area contributed by atoms with Gasteiger partial charge in [0.2, 0.25) is 5.13 Å². The van der Waals surface area contributed by atoms with Crippen LogP contribution in [0.3, 0.4) is 0 Å². The Labute approximate surface area is 107 Å². The molecular weight excluding hydrogens is 256 g/mol. The predicted molar refractivity (Wildman–Crippen MR) is 65.2 cm³/mol. The van der Waals surface area contributed by atoms with Crippen LogP contribution < -0.4 is 10.6 Å². The second-order valence-electron chi connectivity index (χ2n) is 3.80. The lowest BCUT2D eigenvalue weighted by atomic mass is 10.0. The average Bonchev–Trinajstić information content (AvgIpc) is 2.99. The molecule has 1 atom stereocenters. The molecule has 2 aromatic heterocycles. The summed E-state index contributed by atoms with van der Waals surface area (Å²) in [6.07, 6.45) is 1.46. The molecule has 7 nitrogen and oxygen atoms in total. The highest BCUT2D eigenvalue weighted by Crippen LogP contribution is 2.19. The molecule has 0 aliphatic heterocycles. The van der Waals surface area contributed by atoms with Gasteiger partial charge in [-0.2, -0.15) is 0 Å². The highest BCUT2D eigenvalue weighted by molar-refractivity contribution is 7.13. The number of carbonyl (C=O) groups is 1. The van der Waals surface area contributed by atoms with E-state index in [9.17, 15) is 9.90 Å². The average molecular weight is 268 g/mol. The molecule has 3 N–H and O–H groups in total. The van der Waals surface area contributed by atoms with E-state index in [4.69, 9.17) is 4.42 Å². The van der Waals surface area contributed by atoms with Crippen molar-refractivity contribution in [3.63, 3.8) is 0 Å². The number of amides is 2. The lowest BCUT2D eigenvalue weighted by molar-refractivity contribution is 0.0372. The van der Waals surface area contributed by atoms with E-state index in [1.807, 2.05) is 0 Å². The maximum absolute atomic E-state index is 11.5. The SMILES string of the molecule is C[C@](O)(CNC(=O)Nc1nncs1)c1ccco1. The summed E-state index contributed by atoms with van der Waals surface area (Å²) in [6, 6.07) is 2.86. The van der Waals surface area contributed by atoms with E-state index in [1.165, 1.54) is 23.1 Å². The van der Waals surface area contributed by atoms with E-state index in [0.29, 0.717) is 10.9 Å². The molecule has 0 aliphatic rings. The fourth-order valence-corrected chi connectivity index (χ4v) is 1.73. The summed E-state index contributed by atoms with van der Waals surface area (Å²) in [6.45, 7) is 1.57. The van der Waals surface area contributed by atoms with Crippen LogP contribution in [0, 0.1) is 0 Å². The number of aromatic nitrogens is 2. The molecule has 2 aromatic rings. The molecule has 2 amide bonds. The maximum atomic E-state index is 11.5. The minimum absolute atomic E-state index is 0.0190. The zero-order valence-corrected chi connectivity index (χ0v) is 10.4. The van der Waals surface area contributed by atoms with Gasteiger partial charge < -0.3 is 14.8 Å². The molecule has 0 radical (unpaired) electrons. The Morgan fingerprint density at radius 1 is 1.67 bits per heavy atom. The van der Waals surface area contributed by atoms with E-state index in [2.05, 4.69) is 20.8 Å². The Hall–Kier alpha value is -1.93. The molecule has 0 bridgehead atoms. The van der Waals surface area contributed by atoms with Gasteiger partial charge in [0, 0.05) is 0 Å². The number of nitrogens with one attached hydrogen (secondary N) is 2. The summed E-state index contributed by atoms with van der Waals surface area (Å²) in [7, 11) is 0. The summed E-state index contributed by atoms with van der Waals surface area (Å²) in [4.78, 5) is 11.5. The van der Waals surface area contributed by atoms with Crippen LogP contribution in [-0.4, -0.2) is 27.9 Å². The summed E-state index contributed by atoms with van der Waals surface area (Å²) in [5.74, 6) is 0.388. The number of hydrogen-bond donors (Lipinski definition) is 3. The fraction of sp³-hybridized carbons (Fsp3) is 0.300. The fourth-order valence-electron chi connectivity index (χ4n) is 1.29. The molecule has 2 rings (SSSR count). The third kappa shape index (κ3) is 3.05. The first-order chi connectivity index (χ1) is 8.58. The smallest absolute Gasteiger partial charge is 0.321 e. The molecule has 0 aromatic carbocycles. The zero-order chi connectivity index (χ0) is 13.0. The molecule has 18 heavy (non-hydrogen) atoms. The van der Waals surface area contributed by atoms with Crippen LogP contribution in [0.4, 0.5) is 9.93 Å². The summed E-state index contributed by atoms with van der Waals surface area (Å²) in [5, 5.41) is 22.8. The van der Waals surface area contributed by atoms with Crippen LogP contribution in [-0.2, 0) is 5.60 Å². The van der Waals surface area contributed by atoms with Gasteiger partial charge in [0.1, 0.15) is 16.9 Å². The Bertz CT molecular complexity index is 495. The molecule has 0 unspecified atom stereocenters. The Morgan fingerprint density at radius 2 is 2.50 bits per heavy atom. The normalized spacial score (nSPS) is 13.9. The largest absolute Gasteiger partial charge is 0.466 e. The predicted octanol–water partition coefficient (Wildman–Crippen LogP) is 1.16. The Balaban J connectivity index is 1.86. The number of nitrogens with zero attached hydrogens (tertiary/aromatic N) is 2. The van der Waals surface area contributed by atoms with Gasteiger partial charge in [0.25, 0.3) is 0 Å². The first-order valence-electron chi connectivity index (χ1n) is 5.15. The van der Waals surface area contributed by atoms with Crippen molar-refractivity contribution in [3.8, 4) is 0 Å². The Kier molecular flexibility index (Phi) is 3.58. The lowest BCUT2D eigenvalue weighted by Crippen LogP contribution is -2.40. The van der Waals surface area contributed by atoms with Gasteiger partial charge in [-0.25, -0.2) is 4.79 Å². The molecule has 0 aliphatic carbocycles. The third-order valence-corrected chi connectivity index (χ3v) is 2.83. The second kappa shape index (κ2) is 5.15. The van der Waals surface area contributed by atoms with Crippen LogP contribution in [0.1, 0.15) is 12.7 Å². The zero-order valence-electron chi connectivity index (χ0n) is 9.58. The van der Waals surface area contributed by atoms with Crippen molar-refractivity contribution >= 4 is 22.5 Å². The van der Waals surface area contributed by atoms with Crippen molar-refractivity contribution in [3.05, 3.63) is 29.7 Å². The van der Waals surface area contributed by atoms with Crippen LogP contribution in [0.2, 0.25) is 0 Å². The van der Waals surface area contributed by atoms with E-state index in [-0.39, 0.29) is 6.54 Å². The number of aliphatic hydroxyl groups is 1. The third-order valence-electron chi connectivity index (χ3n) is 2.23. The highest BCUT2D eigenvalue weighted by atomic mass is 32.1. The summed E-state index contributed by atoms with van der Waals surface area (Å²) < 4.78 is 5.09. The molecule has 0 saturated heterocycles. The van der Waals surface area contributed by atoms with E-state index in [0.717, 1.165) is 0 Å². The molecule has 96 valence electrons. The van der Waals surface area contributed by atoms with Gasteiger partial charge in [-0.15, -0.1) is 10.2 Å². The number of furan rings is 1. The van der Waals surface area contributed by atoms with E-state index in [1.54, 1.807) is 19.1 Å². The minimum Gasteiger partial charge on any atom is -0.466 e. The number of urea groups is 1. The van der Waals surface area contributed by atoms with Crippen LogP contribution in [0.15, 0.2) is 28.3 Å². The van der Waals surface area contributed by atoms with Crippen molar-refractivity contribution < 1.29 is 14.3 Å². The first-order valence-corrected chi connectivity index (χ1v) is 6.03. The highest BCUT2D eigenvalue weighted by Gasteiger charge is 2.26. The number of hydrogen-bond acceptors (Lipinski definition) is 6. The van der Waals surface area contributed by atoms with Gasteiger partial charge in [0.15, 0.2) is 0 Å². The quantitative estimate of drug-likeness (QED) is 0.772. The van der Waals surface area contributed by atoms with Crippen molar-refractivity contribution in [2.24, 2.45) is 0 Å². The summed E-state index contributed by atoms with van der Waals surface area (Å²) >= 11 is 1.21. The van der Waals surface area contributed by atoms with Crippen LogP contribution in [0.5, 0.6) is 0 Å². The monoisotopic (exact) mass is 268 g/mol. The molecule has 0 fully saturated rings. The van der Waals surface area contributed by atoms with Crippen molar-refractivity contribution in [1.82, 2.24) is 15.5 Å². The molecule has 0 spiro atoms. The van der Waals surface area contributed by atoms with Gasteiger partial charge in [-0.05, 0) is 19.1 Å². The maximum Gasteiger partial charge on any atom is 0.321 e. The van der Waals surface area contributed by atoms with Gasteiger partial charge in [-0.1, -0.05) is 11.3 Å². The van der Waals surface area contributed by atoms with Crippen molar-refractivity contribution in [2.75, 3.05) is 11.9 Å². The Morgan fingerprint density at radius 3 is 3.11 bits per heavy atom. The van der Waals surface area contributed by atoms with Crippen LogP contribution >= 0.6 is 11.3 Å². The number of rotatable bonds is 4. The molecular formula is C10H12N4O3S. The second-order valence-corrected chi connectivity index (χ2v) is 4.64. The van der Waals surface area contributed by atoms with Gasteiger partial charge >= 0.3 is 6.03 Å². The first kappa shape index (κ1) is 12.5. The van der Waals surface area contributed by atoms with Gasteiger partial charge in [-0.3, -0.25) is 5.32 Å². The summed E-state index contributed by atoms with van der Waals surface area (Å²) in [5.41, 5.74) is 0.247.